The average Bonchev–Trinajstić information content (AvgIpc) is 3.40. The number of nitrogens with zero attached hydrogens (tertiary/aromatic N) is 7. The van der Waals surface area contributed by atoms with E-state index in [-0.39, 0.29) is 42.4 Å². The zero-order chi connectivity index (χ0) is 28.6. The highest BCUT2D eigenvalue weighted by atomic mass is 19.4. The van der Waals surface area contributed by atoms with Crippen LogP contribution < -0.4 is 10.5 Å². The summed E-state index contributed by atoms with van der Waals surface area (Å²) in [6.07, 6.45) is -4.03. The van der Waals surface area contributed by atoms with E-state index >= 15 is 0 Å². The maximum atomic E-state index is 13.9. The van der Waals surface area contributed by atoms with Crippen molar-refractivity contribution in [1.82, 2.24) is 35.0 Å². The third-order valence-electron chi connectivity index (χ3n) is 6.15. The van der Waals surface area contributed by atoms with E-state index in [9.17, 15) is 26.7 Å². The molecule has 40 heavy (non-hydrogen) atoms. The van der Waals surface area contributed by atoms with Crippen LogP contribution in [0.15, 0.2) is 34.9 Å². The SMILES string of the molecule is Cc1nc(N)nc(C2CCN(C(=O)Oc3c(F)cccc3F)CC2)c1-c1nnc(-c2ccnc(C(F)(F)F)n2)o1. The number of carbonyl (C=O) groups is 1. The first kappa shape index (κ1) is 26.8. The number of rotatable bonds is 4. The number of hydrogen-bond acceptors (Lipinski definition) is 10. The quantitative estimate of drug-likeness (QED) is 0.352. The zero-order valence-electron chi connectivity index (χ0n) is 20.6. The molecule has 1 saturated heterocycles. The second-order valence-corrected chi connectivity index (χ2v) is 8.78. The molecule has 0 unspecified atom stereocenters. The highest BCUT2D eigenvalue weighted by Gasteiger charge is 2.35. The van der Waals surface area contributed by atoms with Gasteiger partial charge in [-0.2, -0.15) is 13.2 Å². The second-order valence-electron chi connectivity index (χ2n) is 8.78. The van der Waals surface area contributed by atoms with Gasteiger partial charge in [0.05, 0.1) is 17.0 Å². The van der Waals surface area contributed by atoms with Gasteiger partial charge >= 0.3 is 12.3 Å². The van der Waals surface area contributed by atoms with E-state index in [0.717, 1.165) is 24.4 Å². The van der Waals surface area contributed by atoms with Crippen LogP contribution in [0.25, 0.3) is 23.0 Å². The fourth-order valence-electron chi connectivity index (χ4n) is 4.29. The second kappa shape index (κ2) is 10.4. The number of aryl methyl sites for hydroxylation is 1. The molecular formula is C24H19F5N8O3. The van der Waals surface area contributed by atoms with Crippen LogP contribution in [0, 0.1) is 18.6 Å². The fraction of sp³-hybridized carbons (Fsp3) is 0.292. The Morgan fingerprint density at radius 3 is 2.40 bits per heavy atom. The number of amides is 1. The molecule has 0 spiro atoms. The van der Waals surface area contributed by atoms with E-state index < -0.39 is 35.5 Å². The van der Waals surface area contributed by atoms with Gasteiger partial charge in [0.15, 0.2) is 11.6 Å². The predicted octanol–water partition coefficient (Wildman–Crippen LogP) is 4.55. The number of halogens is 5. The number of nitrogen functional groups attached to an aromatic ring is 1. The van der Waals surface area contributed by atoms with Gasteiger partial charge in [0.25, 0.3) is 11.8 Å². The van der Waals surface area contributed by atoms with E-state index in [1.807, 2.05) is 0 Å². The summed E-state index contributed by atoms with van der Waals surface area (Å²) in [5, 5.41) is 7.81. The van der Waals surface area contributed by atoms with Gasteiger partial charge in [0.2, 0.25) is 17.5 Å². The van der Waals surface area contributed by atoms with Crippen LogP contribution in [0.2, 0.25) is 0 Å². The molecule has 0 saturated carbocycles. The lowest BCUT2D eigenvalue weighted by atomic mass is 9.90. The summed E-state index contributed by atoms with van der Waals surface area (Å²) in [5.41, 5.74) is 6.82. The Labute approximate surface area is 222 Å². The number of alkyl halides is 3. The first-order chi connectivity index (χ1) is 19.0. The molecule has 208 valence electrons. The molecule has 16 heteroatoms. The number of carbonyl (C=O) groups excluding carboxylic acids is 1. The lowest BCUT2D eigenvalue weighted by Gasteiger charge is -2.31. The number of piperidine rings is 1. The minimum Gasteiger partial charge on any atom is -0.414 e. The van der Waals surface area contributed by atoms with E-state index in [2.05, 4.69) is 30.1 Å². The van der Waals surface area contributed by atoms with Crippen LogP contribution >= 0.6 is 0 Å². The Hall–Kier alpha value is -4.76. The van der Waals surface area contributed by atoms with Crippen molar-refractivity contribution in [2.45, 2.75) is 31.9 Å². The summed E-state index contributed by atoms with van der Waals surface area (Å²) < 4.78 is 77.5. The average molecular weight is 562 g/mol. The van der Waals surface area contributed by atoms with Crippen molar-refractivity contribution in [2.75, 3.05) is 18.8 Å². The van der Waals surface area contributed by atoms with Gasteiger partial charge in [0, 0.05) is 25.2 Å². The van der Waals surface area contributed by atoms with Crippen molar-refractivity contribution >= 4 is 12.0 Å². The van der Waals surface area contributed by atoms with Gasteiger partial charge in [-0.1, -0.05) is 6.07 Å². The Balaban J connectivity index is 1.37. The van der Waals surface area contributed by atoms with Crippen molar-refractivity contribution in [3.05, 3.63) is 59.3 Å². The molecular weight excluding hydrogens is 543 g/mol. The van der Waals surface area contributed by atoms with E-state index in [0.29, 0.717) is 29.8 Å². The maximum absolute atomic E-state index is 13.9. The highest BCUT2D eigenvalue weighted by Crippen LogP contribution is 2.37. The number of nitrogens with two attached hydrogens (primary N) is 1. The largest absolute Gasteiger partial charge is 0.451 e. The lowest BCUT2D eigenvalue weighted by Crippen LogP contribution is -2.40. The number of anilines is 1. The monoisotopic (exact) mass is 562 g/mol. The lowest BCUT2D eigenvalue weighted by molar-refractivity contribution is -0.144. The van der Waals surface area contributed by atoms with Crippen molar-refractivity contribution < 1.29 is 35.9 Å². The third kappa shape index (κ3) is 5.37. The number of likely N-dealkylation sites (tertiary alicyclic amines) is 1. The van der Waals surface area contributed by atoms with Crippen molar-refractivity contribution in [1.29, 1.82) is 0 Å². The van der Waals surface area contributed by atoms with Gasteiger partial charge in [-0.3, -0.25) is 0 Å². The van der Waals surface area contributed by atoms with Crippen LogP contribution in [0.5, 0.6) is 5.75 Å². The molecule has 0 atom stereocenters. The van der Waals surface area contributed by atoms with Gasteiger partial charge in [-0.05, 0) is 38.0 Å². The minimum atomic E-state index is -4.77. The molecule has 0 bridgehead atoms. The summed E-state index contributed by atoms with van der Waals surface area (Å²) in [5.74, 6) is -4.80. The van der Waals surface area contributed by atoms with E-state index in [1.165, 1.54) is 11.0 Å². The van der Waals surface area contributed by atoms with Crippen LogP contribution in [0.1, 0.15) is 36.0 Å². The fourth-order valence-corrected chi connectivity index (χ4v) is 4.29. The van der Waals surface area contributed by atoms with Gasteiger partial charge in [0.1, 0.15) is 5.69 Å². The molecule has 1 aliphatic rings. The summed E-state index contributed by atoms with van der Waals surface area (Å²) in [6, 6.07) is 4.30. The van der Waals surface area contributed by atoms with Gasteiger partial charge in [-0.25, -0.2) is 33.5 Å². The standard InChI is InChI=1S/C24H19F5N8O3/c1-11-16(20-36-35-19(40-20)15-5-8-31-21(33-15)24(27,28)29)17(34-22(30)32-11)12-6-9-37(10-7-12)23(38)39-18-13(25)3-2-4-14(18)26/h2-5,8,12H,6-7,9-10H2,1H3,(H2,30,32,34). The van der Waals surface area contributed by atoms with Crippen molar-refractivity contribution in [2.24, 2.45) is 0 Å². The Kier molecular flexibility index (Phi) is 6.99. The molecule has 1 amide bonds. The Bertz CT molecular complexity index is 1550. The third-order valence-corrected chi connectivity index (χ3v) is 6.15. The topological polar surface area (TPSA) is 146 Å². The smallest absolute Gasteiger partial charge is 0.414 e. The van der Waals surface area contributed by atoms with Gasteiger partial charge in [-0.15, -0.1) is 10.2 Å². The van der Waals surface area contributed by atoms with Crippen LogP contribution in [0.3, 0.4) is 0 Å². The Morgan fingerprint density at radius 2 is 1.73 bits per heavy atom. The first-order valence-electron chi connectivity index (χ1n) is 11.8. The number of hydrogen-bond donors (Lipinski definition) is 1. The molecule has 0 aliphatic carbocycles. The van der Waals surface area contributed by atoms with Crippen LogP contribution in [-0.4, -0.2) is 54.2 Å². The molecule has 11 nitrogen and oxygen atoms in total. The van der Waals surface area contributed by atoms with Crippen molar-refractivity contribution in [3.8, 4) is 28.8 Å². The molecule has 1 aromatic carbocycles. The molecule has 0 radical (unpaired) electrons. The van der Waals surface area contributed by atoms with E-state index in [4.69, 9.17) is 14.9 Å². The predicted molar refractivity (Wildman–Crippen MR) is 126 cm³/mol. The van der Waals surface area contributed by atoms with Gasteiger partial charge < -0.3 is 19.8 Å². The minimum absolute atomic E-state index is 0.0292. The number of ether oxygens (including phenoxy) is 1. The first-order valence-corrected chi connectivity index (χ1v) is 11.8. The number of benzene rings is 1. The molecule has 1 aliphatic heterocycles. The van der Waals surface area contributed by atoms with Crippen molar-refractivity contribution in [3.63, 3.8) is 0 Å². The summed E-state index contributed by atoms with van der Waals surface area (Å²) >= 11 is 0. The maximum Gasteiger partial charge on any atom is 0.451 e. The van der Waals surface area contributed by atoms with E-state index in [1.54, 1.807) is 6.92 Å². The molecule has 2 N–H and O–H groups in total. The number of para-hydroxylation sites is 1. The highest BCUT2D eigenvalue weighted by molar-refractivity contribution is 5.71. The molecule has 4 aromatic rings. The number of aromatic nitrogens is 6. The van der Waals surface area contributed by atoms with Crippen LogP contribution in [0.4, 0.5) is 32.7 Å². The summed E-state index contributed by atoms with van der Waals surface area (Å²) in [6.45, 7) is 1.96. The molecule has 3 aromatic heterocycles. The summed E-state index contributed by atoms with van der Waals surface area (Å²) in [4.78, 5) is 29.0. The zero-order valence-corrected chi connectivity index (χ0v) is 20.6. The Morgan fingerprint density at radius 1 is 1.05 bits per heavy atom. The molecule has 4 heterocycles. The van der Waals surface area contributed by atoms with Crippen LogP contribution in [-0.2, 0) is 6.18 Å². The molecule has 5 rings (SSSR count). The normalized spacial score (nSPS) is 14.4. The summed E-state index contributed by atoms with van der Waals surface area (Å²) in [7, 11) is 0. The molecule has 1 fully saturated rings.